The molecule has 2 saturated carbocycles. The summed E-state index contributed by atoms with van der Waals surface area (Å²) in [4.78, 5) is 4.25. The lowest BCUT2D eigenvalue weighted by atomic mass is 9.79. The summed E-state index contributed by atoms with van der Waals surface area (Å²) >= 11 is 0. The van der Waals surface area contributed by atoms with Crippen molar-refractivity contribution in [2.45, 2.75) is 31.7 Å². The lowest BCUT2D eigenvalue weighted by Gasteiger charge is -2.31. The second-order valence-corrected chi connectivity index (χ2v) is 6.55. The number of fused-ring (bicyclic) bond motifs is 3. The predicted molar refractivity (Wildman–Crippen MR) is 82.5 cm³/mol. The molecule has 1 N–H and O–H groups in total. The Morgan fingerprint density at radius 1 is 1.20 bits per heavy atom. The van der Waals surface area contributed by atoms with Crippen molar-refractivity contribution in [2.75, 3.05) is 7.05 Å². The van der Waals surface area contributed by atoms with Crippen molar-refractivity contribution in [1.29, 1.82) is 0 Å². The highest BCUT2D eigenvalue weighted by atomic mass is 14.9. The molecule has 2 aliphatic rings. The number of hydrogen-bond donors (Lipinski definition) is 1. The number of rotatable bonds is 3. The Kier molecular flexibility index (Phi) is 2.99. The van der Waals surface area contributed by atoms with Crippen LogP contribution in [-0.2, 0) is 0 Å². The Morgan fingerprint density at radius 3 is 2.90 bits per heavy atom. The second kappa shape index (κ2) is 4.85. The SMILES string of the molecule is CNC(c1cccc2cnccc12)C1CC2CCC1C2. The maximum atomic E-state index is 4.25. The van der Waals surface area contributed by atoms with Crippen LogP contribution >= 0.6 is 0 Å². The molecule has 0 amide bonds. The van der Waals surface area contributed by atoms with E-state index in [0.717, 1.165) is 17.8 Å². The van der Waals surface area contributed by atoms with E-state index in [0.29, 0.717) is 6.04 Å². The minimum atomic E-state index is 0.497. The molecule has 2 heteroatoms. The van der Waals surface area contributed by atoms with E-state index in [1.807, 2.05) is 12.4 Å². The molecular formula is C18H22N2. The molecular weight excluding hydrogens is 244 g/mol. The topological polar surface area (TPSA) is 24.9 Å². The first-order valence-corrected chi connectivity index (χ1v) is 7.86. The van der Waals surface area contributed by atoms with Crippen LogP contribution in [0, 0.1) is 17.8 Å². The summed E-state index contributed by atoms with van der Waals surface area (Å²) in [6, 6.07) is 9.31. The molecule has 2 bridgehead atoms. The molecule has 2 aromatic rings. The number of nitrogens with one attached hydrogen (secondary N) is 1. The summed E-state index contributed by atoms with van der Waals surface area (Å²) in [7, 11) is 2.12. The monoisotopic (exact) mass is 266 g/mol. The minimum Gasteiger partial charge on any atom is -0.313 e. The van der Waals surface area contributed by atoms with Gasteiger partial charge in [-0.3, -0.25) is 4.98 Å². The van der Waals surface area contributed by atoms with E-state index in [2.05, 4.69) is 41.6 Å². The Hall–Kier alpha value is -1.41. The van der Waals surface area contributed by atoms with Gasteiger partial charge in [0.15, 0.2) is 0 Å². The quantitative estimate of drug-likeness (QED) is 0.910. The molecule has 1 aromatic carbocycles. The van der Waals surface area contributed by atoms with E-state index in [-0.39, 0.29) is 0 Å². The van der Waals surface area contributed by atoms with Crippen LogP contribution in [0.3, 0.4) is 0 Å². The number of hydrogen-bond acceptors (Lipinski definition) is 2. The summed E-state index contributed by atoms with van der Waals surface area (Å²) < 4.78 is 0. The van der Waals surface area contributed by atoms with Gasteiger partial charge in [0.05, 0.1) is 0 Å². The molecule has 1 aromatic heterocycles. The van der Waals surface area contributed by atoms with Gasteiger partial charge in [-0.15, -0.1) is 0 Å². The molecule has 2 aliphatic carbocycles. The van der Waals surface area contributed by atoms with Gasteiger partial charge in [0.2, 0.25) is 0 Å². The zero-order chi connectivity index (χ0) is 13.5. The van der Waals surface area contributed by atoms with Crippen LogP contribution in [0.15, 0.2) is 36.7 Å². The fourth-order valence-corrected chi connectivity index (χ4v) is 4.72. The highest BCUT2D eigenvalue weighted by Gasteiger charge is 2.43. The zero-order valence-electron chi connectivity index (χ0n) is 12.0. The zero-order valence-corrected chi connectivity index (χ0v) is 12.0. The molecule has 0 aliphatic heterocycles. The Labute approximate surface area is 120 Å². The van der Waals surface area contributed by atoms with Crippen molar-refractivity contribution in [3.63, 3.8) is 0 Å². The van der Waals surface area contributed by atoms with E-state index < -0.39 is 0 Å². The van der Waals surface area contributed by atoms with Gasteiger partial charge in [-0.2, -0.15) is 0 Å². The third-order valence-corrected chi connectivity index (χ3v) is 5.58. The molecule has 2 nitrogen and oxygen atoms in total. The molecule has 104 valence electrons. The van der Waals surface area contributed by atoms with Crippen molar-refractivity contribution in [2.24, 2.45) is 17.8 Å². The van der Waals surface area contributed by atoms with Crippen LogP contribution in [0.5, 0.6) is 0 Å². The van der Waals surface area contributed by atoms with Gasteiger partial charge in [0.1, 0.15) is 0 Å². The van der Waals surface area contributed by atoms with Gasteiger partial charge in [-0.05, 0) is 61.1 Å². The van der Waals surface area contributed by atoms with Gasteiger partial charge < -0.3 is 5.32 Å². The largest absolute Gasteiger partial charge is 0.313 e. The van der Waals surface area contributed by atoms with Gasteiger partial charge in [-0.1, -0.05) is 24.6 Å². The third kappa shape index (κ3) is 1.86. The summed E-state index contributed by atoms with van der Waals surface area (Å²) in [5.41, 5.74) is 1.46. The fourth-order valence-electron chi connectivity index (χ4n) is 4.72. The predicted octanol–water partition coefficient (Wildman–Crippen LogP) is 3.93. The lowest BCUT2D eigenvalue weighted by Crippen LogP contribution is -2.29. The highest BCUT2D eigenvalue weighted by Crippen LogP contribution is 2.52. The second-order valence-electron chi connectivity index (χ2n) is 6.55. The van der Waals surface area contributed by atoms with E-state index in [1.54, 1.807) is 0 Å². The molecule has 4 atom stereocenters. The lowest BCUT2D eigenvalue weighted by molar-refractivity contribution is 0.260. The van der Waals surface area contributed by atoms with Crippen LogP contribution in [-0.4, -0.2) is 12.0 Å². The maximum absolute atomic E-state index is 4.25. The summed E-state index contributed by atoms with van der Waals surface area (Å²) in [5, 5.41) is 6.24. The van der Waals surface area contributed by atoms with E-state index in [4.69, 9.17) is 0 Å². The first-order chi connectivity index (χ1) is 9.86. The normalized spacial score (nSPS) is 29.9. The summed E-state index contributed by atoms with van der Waals surface area (Å²) in [6.07, 6.45) is 9.69. The first-order valence-electron chi connectivity index (χ1n) is 7.86. The Bertz CT molecular complexity index is 616. The smallest absolute Gasteiger partial charge is 0.0355 e. The molecule has 4 unspecified atom stereocenters. The third-order valence-electron chi connectivity index (χ3n) is 5.58. The van der Waals surface area contributed by atoms with Gasteiger partial charge >= 0.3 is 0 Å². The summed E-state index contributed by atoms with van der Waals surface area (Å²) in [5.74, 6) is 2.75. The van der Waals surface area contributed by atoms with Crippen LogP contribution in [0.25, 0.3) is 10.8 Å². The van der Waals surface area contributed by atoms with Crippen molar-refractivity contribution < 1.29 is 0 Å². The number of nitrogens with zero attached hydrogens (tertiary/aromatic N) is 1. The highest BCUT2D eigenvalue weighted by molar-refractivity contribution is 5.85. The van der Waals surface area contributed by atoms with Crippen LogP contribution in [0.1, 0.15) is 37.3 Å². The van der Waals surface area contributed by atoms with Crippen molar-refractivity contribution in [1.82, 2.24) is 10.3 Å². The van der Waals surface area contributed by atoms with Crippen molar-refractivity contribution >= 4 is 10.8 Å². The van der Waals surface area contributed by atoms with Gasteiger partial charge in [0, 0.05) is 23.8 Å². The molecule has 1 heterocycles. The fraction of sp³-hybridized carbons (Fsp3) is 0.500. The number of benzene rings is 1. The average Bonchev–Trinajstić information content (AvgIpc) is 3.11. The molecule has 4 rings (SSSR count). The van der Waals surface area contributed by atoms with Crippen LogP contribution < -0.4 is 5.32 Å². The van der Waals surface area contributed by atoms with Crippen molar-refractivity contribution in [3.8, 4) is 0 Å². The van der Waals surface area contributed by atoms with Gasteiger partial charge in [0.25, 0.3) is 0 Å². The van der Waals surface area contributed by atoms with Crippen LogP contribution in [0.4, 0.5) is 0 Å². The first kappa shape index (κ1) is 12.3. The molecule has 0 saturated heterocycles. The standard InChI is InChI=1S/C18H22N2/c1-19-18(17-10-12-5-6-13(17)9-12)16-4-2-3-14-11-20-8-7-15(14)16/h2-4,7-8,11-13,17-19H,5-6,9-10H2,1H3. The van der Waals surface area contributed by atoms with Crippen LogP contribution in [0.2, 0.25) is 0 Å². The summed E-state index contributed by atoms with van der Waals surface area (Å²) in [6.45, 7) is 0. The number of aromatic nitrogens is 1. The molecule has 2 fully saturated rings. The average molecular weight is 266 g/mol. The molecule has 0 spiro atoms. The van der Waals surface area contributed by atoms with E-state index in [1.165, 1.54) is 42.0 Å². The Balaban J connectivity index is 1.76. The van der Waals surface area contributed by atoms with E-state index in [9.17, 15) is 0 Å². The number of pyridine rings is 1. The van der Waals surface area contributed by atoms with Crippen molar-refractivity contribution in [3.05, 3.63) is 42.2 Å². The maximum Gasteiger partial charge on any atom is 0.0355 e. The van der Waals surface area contributed by atoms with E-state index >= 15 is 0 Å². The minimum absolute atomic E-state index is 0.497. The molecule has 0 radical (unpaired) electrons. The Morgan fingerprint density at radius 2 is 2.15 bits per heavy atom. The molecule has 20 heavy (non-hydrogen) atoms. The van der Waals surface area contributed by atoms with Gasteiger partial charge in [-0.25, -0.2) is 0 Å².